The molecule has 0 spiro atoms. The van der Waals surface area contributed by atoms with E-state index in [2.05, 4.69) is 5.32 Å². The Morgan fingerprint density at radius 2 is 1.66 bits per heavy atom. The third-order valence-corrected chi connectivity index (χ3v) is 7.48. The minimum absolute atomic E-state index is 0.00225. The number of nitrogens with two attached hydrogens (primary N) is 1. The molecule has 6 nitrogen and oxygen atoms in total. The molecule has 0 radical (unpaired) electrons. The number of allylic oxidation sites excluding steroid dienone is 2. The number of nitrogens with zero attached hydrogens (tertiary/aromatic N) is 1. The van der Waals surface area contributed by atoms with Gasteiger partial charge in [-0.1, -0.05) is 45.4 Å². The molecule has 0 heterocycles. The number of halogens is 2. The Labute approximate surface area is 226 Å². The summed E-state index contributed by atoms with van der Waals surface area (Å²) >= 11 is 0. The minimum atomic E-state index is -1.42. The number of amides is 2. The Morgan fingerprint density at radius 1 is 1.08 bits per heavy atom. The molecule has 4 N–H and O–H groups in total. The minimum Gasteiger partial charge on any atom is -0.391 e. The lowest BCUT2D eigenvalue weighted by molar-refractivity contribution is -0.132. The van der Waals surface area contributed by atoms with Crippen LogP contribution in [0, 0.1) is 23.0 Å². The number of hydrogen-bond acceptors (Lipinski definition) is 4. The molecular formula is C30H45F2N3O3. The topological polar surface area (TPSA) is 95.7 Å². The van der Waals surface area contributed by atoms with Crippen LogP contribution in [0.15, 0.2) is 41.5 Å². The van der Waals surface area contributed by atoms with Gasteiger partial charge in [0.2, 0.25) is 11.8 Å². The van der Waals surface area contributed by atoms with Crippen LogP contribution in [0.1, 0.15) is 72.3 Å². The van der Waals surface area contributed by atoms with Crippen molar-refractivity contribution in [3.05, 3.63) is 58.7 Å². The monoisotopic (exact) mass is 533 g/mol. The van der Waals surface area contributed by atoms with Crippen LogP contribution in [0.3, 0.4) is 0 Å². The summed E-state index contributed by atoms with van der Waals surface area (Å²) in [6.07, 6.45) is 5.73. The summed E-state index contributed by atoms with van der Waals surface area (Å²) in [6.45, 7) is 11.2. The third kappa shape index (κ3) is 7.96. The Kier molecular flexibility index (Phi) is 12.1. The number of hydrogen-bond donors (Lipinski definition) is 3. The maximum absolute atomic E-state index is 14.1. The average Bonchev–Trinajstić information content (AvgIpc) is 2.86. The number of aliphatic hydroxyl groups is 1. The van der Waals surface area contributed by atoms with Crippen molar-refractivity contribution in [2.45, 2.75) is 85.3 Å². The predicted molar refractivity (Wildman–Crippen MR) is 147 cm³/mol. The molecule has 0 fully saturated rings. The zero-order valence-electron chi connectivity index (χ0n) is 23.5. The van der Waals surface area contributed by atoms with Gasteiger partial charge in [0.25, 0.3) is 0 Å². The fraction of sp³-hybridized carbons (Fsp3) is 0.600. The molecule has 1 aromatic carbocycles. The van der Waals surface area contributed by atoms with Gasteiger partial charge in [-0.05, 0) is 63.1 Å². The molecule has 0 aliphatic heterocycles. The fourth-order valence-electron chi connectivity index (χ4n) is 5.57. The van der Waals surface area contributed by atoms with Crippen LogP contribution in [0.25, 0.3) is 0 Å². The molecule has 212 valence electrons. The summed E-state index contributed by atoms with van der Waals surface area (Å²) in [6, 6.07) is 3.36. The molecule has 1 aliphatic rings. The summed E-state index contributed by atoms with van der Waals surface area (Å²) in [5, 5.41) is 14.8. The highest BCUT2D eigenvalue weighted by molar-refractivity contribution is 5.96. The quantitative estimate of drug-likeness (QED) is 0.306. The van der Waals surface area contributed by atoms with Crippen LogP contribution in [-0.2, 0) is 16.0 Å². The Morgan fingerprint density at radius 3 is 2.16 bits per heavy atom. The van der Waals surface area contributed by atoms with Gasteiger partial charge in [-0.15, -0.1) is 0 Å². The third-order valence-electron chi connectivity index (χ3n) is 7.48. The second-order valence-electron chi connectivity index (χ2n) is 10.5. The first kappa shape index (κ1) is 31.6. The van der Waals surface area contributed by atoms with Gasteiger partial charge in [-0.3, -0.25) is 9.59 Å². The van der Waals surface area contributed by atoms with E-state index in [0.717, 1.165) is 31.7 Å². The highest BCUT2D eigenvalue weighted by Gasteiger charge is 2.48. The zero-order valence-corrected chi connectivity index (χ0v) is 23.5. The molecule has 8 heteroatoms. The SMILES string of the molecule is CCCN(CCC)C(=O)C1=CC(C)=CC(C(N)=O)([C@H](Cc2cc(F)cc(F)c2)[C@@H](O)CNC(CC)CC)C1. The van der Waals surface area contributed by atoms with Crippen molar-refractivity contribution in [3.63, 3.8) is 0 Å². The Balaban J connectivity index is 2.56. The van der Waals surface area contributed by atoms with Gasteiger partial charge in [0.15, 0.2) is 0 Å². The van der Waals surface area contributed by atoms with Gasteiger partial charge < -0.3 is 21.1 Å². The molecule has 0 saturated heterocycles. The molecule has 1 unspecified atom stereocenters. The van der Waals surface area contributed by atoms with Crippen molar-refractivity contribution in [2.24, 2.45) is 17.1 Å². The second-order valence-corrected chi connectivity index (χ2v) is 10.5. The smallest absolute Gasteiger partial charge is 0.249 e. The number of benzene rings is 1. The molecule has 0 saturated carbocycles. The summed E-state index contributed by atoms with van der Waals surface area (Å²) in [5.41, 5.74) is 6.08. The molecule has 0 bridgehead atoms. The first-order valence-corrected chi connectivity index (χ1v) is 13.9. The first-order chi connectivity index (χ1) is 18.0. The molecule has 1 aromatic rings. The fourth-order valence-corrected chi connectivity index (χ4v) is 5.57. The second kappa shape index (κ2) is 14.5. The van der Waals surface area contributed by atoms with E-state index in [9.17, 15) is 23.5 Å². The predicted octanol–water partition coefficient (Wildman–Crippen LogP) is 4.66. The lowest BCUT2D eigenvalue weighted by Crippen LogP contribution is -2.52. The lowest BCUT2D eigenvalue weighted by Gasteiger charge is -2.42. The Bertz CT molecular complexity index is 996. The van der Waals surface area contributed by atoms with Crippen LogP contribution in [-0.4, -0.2) is 53.6 Å². The van der Waals surface area contributed by atoms with Gasteiger partial charge in [0, 0.05) is 43.2 Å². The highest BCUT2D eigenvalue weighted by atomic mass is 19.1. The van der Waals surface area contributed by atoms with Crippen molar-refractivity contribution in [1.29, 1.82) is 0 Å². The first-order valence-electron chi connectivity index (χ1n) is 13.9. The molecule has 1 aliphatic carbocycles. The van der Waals surface area contributed by atoms with E-state index in [0.29, 0.717) is 29.8 Å². The van der Waals surface area contributed by atoms with Crippen LogP contribution in [0.2, 0.25) is 0 Å². The number of rotatable bonds is 15. The highest BCUT2D eigenvalue weighted by Crippen LogP contribution is 2.44. The van der Waals surface area contributed by atoms with Gasteiger partial charge in [-0.25, -0.2) is 8.78 Å². The number of aliphatic hydroxyl groups excluding tert-OH is 1. The van der Waals surface area contributed by atoms with Crippen LogP contribution >= 0.6 is 0 Å². The van der Waals surface area contributed by atoms with Crippen LogP contribution in [0.5, 0.6) is 0 Å². The summed E-state index contributed by atoms with van der Waals surface area (Å²) < 4.78 is 28.2. The van der Waals surface area contributed by atoms with Crippen LogP contribution in [0.4, 0.5) is 8.78 Å². The van der Waals surface area contributed by atoms with E-state index >= 15 is 0 Å². The Hall–Kier alpha value is -2.58. The maximum Gasteiger partial charge on any atom is 0.249 e. The number of carbonyl (C=O) groups excluding carboxylic acids is 2. The number of carbonyl (C=O) groups is 2. The van der Waals surface area contributed by atoms with Crippen molar-refractivity contribution in [2.75, 3.05) is 19.6 Å². The molecule has 0 aromatic heterocycles. The van der Waals surface area contributed by atoms with Gasteiger partial charge in [-0.2, -0.15) is 0 Å². The lowest BCUT2D eigenvalue weighted by atomic mass is 9.63. The average molecular weight is 534 g/mol. The van der Waals surface area contributed by atoms with E-state index in [4.69, 9.17) is 5.73 Å². The van der Waals surface area contributed by atoms with E-state index in [1.807, 2.05) is 27.7 Å². The van der Waals surface area contributed by atoms with Gasteiger partial charge >= 0.3 is 0 Å². The van der Waals surface area contributed by atoms with Crippen LogP contribution < -0.4 is 11.1 Å². The van der Waals surface area contributed by atoms with Crippen molar-refractivity contribution < 1.29 is 23.5 Å². The molecule has 2 rings (SSSR count). The number of primary amides is 1. The standard InChI is InChI=1S/C30H45F2N3O3/c1-6-10-35(11-7-2)28(37)22-12-20(5)17-30(18-22,29(33)38)26(27(36)19-34-25(8-3)9-4)15-21-13-23(31)16-24(32)14-21/h12-14,16-17,25-27,34,36H,6-11,15,18-19H2,1-5H3,(H2,33,38)/t26-,27+,30?/m1/s1. The van der Waals surface area contributed by atoms with Crippen molar-refractivity contribution in [1.82, 2.24) is 10.2 Å². The van der Waals surface area contributed by atoms with Gasteiger partial charge in [0.1, 0.15) is 11.6 Å². The van der Waals surface area contributed by atoms with E-state index in [-0.39, 0.29) is 31.3 Å². The van der Waals surface area contributed by atoms with E-state index in [1.165, 1.54) is 12.1 Å². The van der Waals surface area contributed by atoms with E-state index in [1.54, 1.807) is 24.0 Å². The van der Waals surface area contributed by atoms with Crippen molar-refractivity contribution in [3.8, 4) is 0 Å². The normalized spacial score (nSPS) is 19.1. The molecule has 38 heavy (non-hydrogen) atoms. The molecule has 2 amide bonds. The molecular weight excluding hydrogens is 488 g/mol. The molecule has 3 atom stereocenters. The van der Waals surface area contributed by atoms with Crippen molar-refractivity contribution >= 4 is 11.8 Å². The van der Waals surface area contributed by atoms with Gasteiger partial charge in [0.05, 0.1) is 11.5 Å². The summed E-state index contributed by atoms with van der Waals surface area (Å²) in [7, 11) is 0. The van der Waals surface area contributed by atoms with E-state index < -0.39 is 35.0 Å². The summed E-state index contributed by atoms with van der Waals surface area (Å²) in [4.78, 5) is 28.6. The summed E-state index contributed by atoms with van der Waals surface area (Å²) in [5.74, 6) is -3.15. The largest absolute Gasteiger partial charge is 0.391 e. The maximum atomic E-state index is 14.1. The number of nitrogens with one attached hydrogen (secondary N) is 1. The zero-order chi connectivity index (χ0) is 28.5.